The molecule has 0 unspecified atom stereocenters. The summed E-state index contributed by atoms with van der Waals surface area (Å²) in [5, 5.41) is 3.89. The second-order valence-electron chi connectivity index (χ2n) is 4.32. The van der Waals surface area contributed by atoms with Gasteiger partial charge >= 0.3 is 6.18 Å². The lowest BCUT2D eigenvalue weighted by molar-refractivity contribution is -0.123. The van der Waals surface area contributed by atoms with Crippen molar-refractivity contribution in [1.82, 2.24) is 15.4 Å². The first-order valence-electron chi connectivity index (χ1n) is 6.20. The third kappa shape index (κ3) is 6.24. The number of sulfonamides is 1. The van der Waals surface area contributed by atoms with Crippen LogP contribution in [0.25, 0.3) is 0 Å². The Labute approximate surface area is 130 Å². The van der Waals surface area contributed by atoms with Gasteiger partial charge in [-0.3, -0.25) is 9.59 Å². The largest absolute Gasteiger partial charge is 0.405 e. The average molecular weight is 353 g/mol. The van der Waals surface area contributed by atoms with Gasteiger partial charge in [-0.1, -0.05) is 0 Å². The molecule has 0 aromatic heterocycles. The zero-order valence-corrected chi connectivity index (χ0v) is 12.7. The number of carbonyl (C=O) groups excluding carboxylic acids is 2. The van der Waals surface area contributed by atoms with Crippen LogP contribution < -0.4 is 15.4 Å². The summed E-state index contributed by atoms with van der Waals surface area (Å²) in [5.74, 6) is -1.53. The van der Waals surface area contributed by atoms with E-state index in [1.807, 2.05) is 4.72 Å². The number of amides is 2. The summed E-state index contributed by atoms with van der Waals surface area (Å²) >= 11 is 0. The zero-order valence-electron chi connectivity index (χ0n) is 11.9. The predicted molar refractivity (Wildman–Crippen MR) is 74.1 cm³/mol. The van der Waals surface area contributed by atoms with E-state index in [0.29, 0.717) is 0 Å². The van der Waals surface area contributed by atoms with E-state index in [1.54, 1.807) is 5.32 Å². The fourth-order valence-electron chi connectivity index (χ4n) is 1.40. The molecule has 11 heteroatoms. The Hall–Kier alpha value is -2.14. The molecule has 0 spiro atoms. The van der Waals surface area contributed by atoms with Crippen LogP contribution in [-0.4, -0.2) is 46.5 Å². The Morgan fingerprint density at radius 2 is 1.70 bits per heavy atom. The van der Waals surface area contributed by atoms with Crippen LogP contribution in [0.1, 0.15) is 10.4 Å². The SMILES string of the molecule is CNC(=O)CNS(=O)(=O)c1ccc(C(=O)NCC(F)(F)F)cc1. The number of hydrogen-bond acceptors (Lipinski definition) is 4. The second kappa shape index (κ2) is 7.42. The van der Waals surface area contributed by atoms with Gasteiger partial charge in [0.1, 0.15) is 6.54 Å². The van der Waals surface area contributed by atoms with E-state index < -0.39 is 41.1 Å². The van der Waals surface area contributed by atoms with Crippen LogP contribution in [0.3, 0.4) is 0 Å². The zero-order chi connectivity index (χ0) is 17.7. The molecule has 0 atom stereocenters. The number of likely N-dealkylation sites (N-methyl/N-ethyl adjacent to an activating group) is 1. The van der Waals surface area contributed by atoms with Gasteiger partial charge in [0.15, 0.2) is 0 Å². The number of benzene rings is 1. The van der Waals surface area contributed by atoms with Crippen LogP contribution in [-0.2, 0) is 14.8 Å². The predicted octanol–water partition coefficient (Wildman–Crippen LogP) is 0.00300. The van der Waals surface area contributed by atoms with Crippen molar-refractivity contribution in [3.8, 4) is 0 Å². The number of nitrogens with one attached hydrogen (secondary N) is 3. The van der Waals surface area contributed by atoms with E-state index in [-0.39, 0.29) is 10.5 Å². The molecule has 1 aromatic carbocycles. The van der Waals surface area contributed by atoms with Crippen molar-refractivity contribution in [2.45, 2.75) is 11.1 Å². The van der Waals surface area contributed by atoms with Gasteiger partial charge in [-0.05, 0) is 24.3 Å². The summed E-state index contributed by atoms with van der Waals surface area (Å²) in [4.78, 5) is 22.3. The van der Waals surface area contributed by atoms with E-state index in [4.69, 9.17) is 0 Å². The van der Waals surface area contributed by atoms with Gasteiger partial charge in [-0.15, -0.1) is 0 Å². The van der Waals surface area contributed by atoms with Crippen molar-refractivity contribution in [3.63, 3.8) is 0 Å². The number of halogens is 3. The van der Waals surface area contributed by atoms with Crippen LogP contribution in [0.15, 0.2) is 29.2 Å². The minimum Gasteiger partial charge on any atom is -0.358 e. The Balaban J connectivity index is 2.76. The van der Waals surface area contributed by atoms with Crippen LogP contribution in [0, 0.1) is 0 Å². The molecule has 0 saturated heterocycles. The molecule has 1 aromatic rings. The van der Waals surface area contributed by atoms with E-state index in [1.165, 1.54) is 7.05 Å². The van der Waals surface area contributed by atoms with Crippen molar-refractivity contribution in [2.75, 3.05) is 20.1 Å². The molecule has 3 N–H and O–H groups in total. The second-order valence-corrected chi connectivity index (χ2v) is 6.09. The number of hydrogen-bond donors (Lipinski definition) is 3. The molecule has 0 aliphatic carbocycles. The van der Waals surface area contributed by atoms with Crippen LogP contribution in [0.4, 0.5) is 13.2 Å². The Morgan fingerprint density at radius 3 is 2.17 bits per heavy atom. The van der Waals surface area contributed by atoms with Gasteiger partial charge in [0.05, 0.1) is 11.4 Å². The number of rotatable bonds is 6. The molecule has 128 valence electrons. The van der Waals surface area contributed by atoms with Gasteiger partial charge in [0.2, 0.25) is 15.9 Å². The first-order chi connectivity index (χ1) is 10.5. The van der Waals surface area contributed by atoms with Gasteiger partial charge in [0.25, 0.3) is 5.91 Å². The fourth-order valence-corrected chi connectivity index (χ4v) is 2.38. The van der Waals surface area contributed by atoms with Crippen molar-refractivity contribution < 1.29 is 31.2 Å². The monoisotopic (exact) mass is 353 g/mol. The maximum atomic E-state index is 12.0. The van der Waals surface area contributed by atoms with Crippen molar-refractivity contribution in [3.05, 3.63) is 29.8 Å². The topological polar surface area (TPSA) is 104 Å². The van der Waals surface area contributed by atoms with Gasteiger partial charge in [0, 0.05) is 12.6 Å². The van der Waals surface area contributed by atoms with Crippen molar-refractivity contribution in [2.24, 2.45) is 0 Å². The minimum absolute atomic E-state index is 0.125. The van der Waals surface area contributed by atoms with E-state index in [9.17, 15) is 31.2 Å². The Bertz CT molecular complexity index is 672. The van der Waals surface area contributed by atoms with Gasteiger partial charge < -0.3 is 10.6 Å². The highest BCUT2D eigenvalue weighted by atomic mass is 32.2. The molecule has 0 aliphatic heterocycles. The molecule has 0 radical (unpaired) electrons. The first-order valence-corrected chi connectivity index (χ1v) is 7.69. The van der Waals surface area contributed by atoms with E-state index >= 15 is 0 Å². The molecule has 7 nitrogen and oxygen atoms in total. The summed E-state index contributed by atoms with van der Waals surface area (Å²) < 4.78 is 61.7. The highest BCUT2D eigenvalue weighted by Gasteiger charge is 2.28. The van der Waals surface area contributed by atoms with Crippen LogP contribution >= 0.6 is 0 Å². The molecule has 0 heterocycles. The summed E-state index contributed by atoms with van der Waals surface area (Å²) in [6, 6.07) is 4.24. The highest BCUT2D eigenvalue weighted by Crippen LogP contribution is 2.14. The first kappa shape index (κ1) is 18.9. The summed E-state index contributed by atoms with van der Waals surface area (Å²) in [5.41, 5.74) is -0.125. The average Bonchev–Trinajstić information content (AvgIpc) is 2.49. The summed E-state index contributed by atoms with van der Waals surface area (Å²) in [6.45, 7) is -1.95. The highest BCUT2D eigenvalue weighted by molar-refractivity contribution is 7.89. The maximum absolute atomic E-state index is 12.0. The maximum Gasteiger partial charge on any atom is 0.405 e. The molecule has 23 heavy (non-hydrogen) atoms. The fraction of sp³-hybridized carbons (Fsp3) is 0.333. The van der Waals surface area contributed by atoms with Crippen LogP contribution in [0.2, 0.25) is 0 Å². The van der Waals surface area contributed by atoms with Gasteiger partial charge in [-0.25, -0.2) is 13.1 Å². The van der Waals surface area contributed by atoms with Crippen LogP contribution in [0.5, 0.6) is 0 Å². The standard InChI is InChI=1S/C12H14F3N3O4S/c1-16-10(19)6-18-23(21,22)9-4-2-8(3-5-9)11(20)17-7-12(13,14)15/h2-5,18H,6-7H2,1H3,(H,16,19)(H,17,20). The smallest absolute Gasteiger partial charge is 0.358 e. The Morgan fingerprint density at radius 1 is 1.13 bits per heavy atom. The normalized spacial score (nSPS) is 11.8. The molecule has 0 fully saturated rings. The van der Waals surface area contributed by atoms with E-state index in [0.717, 1.165) is 24.3 Å². The molecular weight excluding hydrogens is 339 g/mol. The molecule has 0 saturated carbocycles. The molecule has 1 rings (SSSR count). The summed E-state index contributed by atoms with van der Waals surface area (Å²) in [7, 11) is -2.63. The summed E-state index contributed by atoms with van der Waals surface area (Å²) in [6.07, 6.45) is -4.54. The minimum atomic E-state index is -4.54. The lowest BCUT2D eigenvalue weighted by atomic mass is 10.2. The number of alkyl halides is 3. The number of carbonyl (C=O) groups is 2. The van der Waals surface area contributed by atoms with Crippen molar-refractivity contribution in [1.29, 1.82) is 0 Å². The molecule has 0 aliphatic rings. The lowest BCUT2D eigenvalue weighted by Crippen LogP contribution is -2.35. The van der Waals surface area contributed by atoms with Gasteiger partial charge in [-0.2, -0.15) is 13.2 Å². The molecular formula is C12H14F3N3O4S. The third-order valence-corrected chi connectivity index (χ3v) is 3.99. The molecule has 2 amide bonds. The lowest BCUT2D eigenvalue weighted by Gasteiger charge is -2.09. The quantitative estimate of drug-likeness (QED) is 0.670. The molecule has 0 bridgehead atoms. The third-order valence-electron chi connectivity index (χ3n) is 2.58. The Kier molecular flexibility index (Phi) is 6.10. The van der Waals surface area contributed by atoms with Crippen molar-refractivity contribution >= 4 is 21.8 Å². The van der Waals surface area contributed by atoms with E-state index in [2.05, 4.69) is 5.32 Å².